The monoisotopic (exact) mass is 336 g/mol. The van der Waals surface area contributed by atoms with Crippen LogP contribution in [0.3, 0.4) is 0 Å². The van der Waals surface area contributed by atoms with Gasteiger partial charge in [0, 0.05) is 17.1 Å². The molecule has 0 radical (unpaired) electrons. The second-order valence-electron chi connectivity index (χ2n) is 7.32. The quantitative estimate of drug-likeness (QED) is 0.849. The van der Waals surface area contributed by atoms with Crippen LogP contribution in [-0.2, 0) is 16.0 Å². The summed E-state index contributed by atoms with van der Waals surface area (Å²) in [6.45, 7) is 3.88. The molecule has 2 unspecified atom stereocenters. The minimum absolute atomic E-state index is 0.00337. The molecular formula is C21H24N2O2. The van der Waals surface area contributed by atoms with Gasteiger partial charge in [-0.2, -0.15) is 0 Å². The number of hydrogen-bond donors (Lipinski definition) is 2. The molecule has 1 saturated carbocycles. The average Bonchev–Trinajstić information content (AvgIpc) is 3.35. The first-order valence-corrected chi connectivity index (χ1v) is 8.66. The van der Waals surface area contributed by atoms with E-state index in [1.807, 2.05) is 74.5 Å². The zero-order valence-electron chi connectivity index (χ0n) is 14.7. The van der Waals surface area contributed by atoms with E-state index >= 15 is 0 Å². The Kier molecular flexibility index (Phi) is 4.88. The number of para-hydroxylation sites is 1. The van der Waals surface area contributed by atoms with Gasteiger partial charge < -0.3 is 10.6 Å². The van der Waals surface area contributed by atoms with Crippen LogP contribution < -0.4 is 10.6 Å². The topological polar surface area (TPSA) is 58.2 Å². The Bertz CT molecular complexity index is 741. The molecule has 2 aromatic carbocycles. The van der Waals surface area contributed by atoms with Crippen molar-refractivity contribution in [1.29, 1.82) is 0 Å². The molecule has 130 valence electrons. The maximum Gasteiger partial charge on any atom is 0.229 e. The summed E-state index contributed by atoms with van der Waals surface area (Å²) in [5, 5.41) is 5.93. The summed E-state index contributed by atoms with van der Waals surface area (Å²) in [5.74, 6) is -0.176. The molecule has 0 bridgehead atoms. The number of anilines is 1. The van der Waals surface area contributed by atoms with Gasteiger partial charge in [0.05, 0.1) is 5.92 Å². The van der Waals surface area contributed by atoms with Gasteiger partial charge in [0.25, 0.3) is 0 Å². The number of rotatable bonds is 6. The zero-order chi connectivity index (χ0) is 17.9. The van der Waals surface area contributed by atoms with Crippen molar-refractivity contribution in [2.45, 2.75) is 32.7 Å². The lowest BCUT2D eigenvalue weighted by molar-refractivity contribution is -0.129. The third-order valence-corrected chi connectivity index (χ3v) is 4.59. The van der Waals surface area contributed by atoms with E-state index in [4.69, 9.17) is 0 Å². The number of amides is 2. The van der Waals surface area contributed by atoms with E-state index < -0.39 is 5.41 Å². The number of hydrogen-bond acceptors (Lipinski definition) is 2. The molecule has 1 aliphatic carbocycles. The number of carbonyl (C=O) groups excluding carboxylic acids is 2. The first kappa shape index (κ1) is 17.2. The number of nitrogens with one attached hydrogen (secondary N) is 2. The Morgan fingerprint density at radius 3 is 2.24 bits per heavy atom. The van der Waals surface area contributed by atoms with Crippen molar-refractivity contribution in [2.24, 2.45) is 11.3 Å². The molecule has 2 atom stereocenters. The maximum absolute atomic E-state index is 12.6. The molecule has 1 aliphatic rings. The zero-order valence-corrected chi connectivity index (χ0v) is 14.7. The van der Waals surface area contributed by atoms with Crippen molar-refractivity contribution in [3.63, 3.8) is 0 Å². The highest BCUT2D eigenvalue weighted by Crippen LogP contribution is 2.33. The summed E-state index contributed by atoms with van der Waals surface area (Å²) >= 11 is 0. The highest BCUT2D eigenvalue weighted by atomic mass is 16.2. The molecular weight excluding hydrogens is 312 g/mol. The van der Waals surface area contributed by atoms with E-state index in [1.165, 1.54) is 0 Å². The van der Waals surface area contributed by atoms with Crippen molar-refractivity contribution >= 4 is 17.5 Å². The molecule has 2 aromatic rings. The number of benzene rings is 2. The fraction of sp³-hybridized carbons (Fsp3) is 0.333. The van der Waals surface area contributed by atoms with Crippen molar-refractivity contribution in [3.05, 3.63) is 66.2 Å². The minimum Gasteiger partial charge on any atom is -0.352 e. The van der Waals surface area contributed by atoms with E-state index in [0.29, 0.717) is 12.8 Å². The van der Waals surface area contributed by atoms with E-state index in [1.54, 1.807) is 0 Å². The highest BCUT2D eigenvalue weighted by Gasteiger charge is 2.45. The van der Waals surface area contributed by atoms with Gasteiger partial charge in [-0.05, 0) is 30.5 Å². The summed E-state index contributed by atoms with van der Waals surface area (Å²) in [5.41, 5.74) is 1.41. The maximum atomic E-state index is 12.6. The lowest BCUT2D eigenvalue weighted by atomic mass is 9.85. The Morgan fingerprint density at radius 2 is 1.60 bits per heavy atom. The van der Waals surface area contributed by atoms with Gasteiger partial charge in [-0.25, -0.2) is 0 Å². The van der Waals surface area contributed by atoms with E-state index in [-0.39, 0.29) is 23.8 Å². The van der Waals surface area contributed by atoms with Crippen LogP contribution in [0.15, 0.2) is 60.7 Å². The fourth-order valence-corrected chi connectivity index (χ4v) is 2.95. The molecule has 1 fully saturated rings. The molecule has 0 heterocycles. The third-order valence-electron chi connectivity index (χ3n) is 4.59. The normalized spacial score (nSPS) is 19.1. The Hall–Kier alpha value is -2.62. The van der Waals surface area contributed by atoms with E-state index in [2.05, 4.69) is 10.6 Å². The van der Waals surface area contributed by atoms with Crippen molar-refractivity contribution in [3.8, 4) is 0 Å². The fourth-order valence-electron chi connectivity index (χ4n) is 2.95. The molecule has 0 saturated heterocycles. The van der Waals surface area contributed by atoms with Crippen molar-refractivity contribution < 1.29 is 9.59 Å². The Morgan fingerprint density at radius 1 is 1.00 bits per heavy atom. The van der Waals surface area contributed by atoms with Crippen LogP contribution in [0.5, 0.6) is 0 Å². The molecule has 0 aromatic heterocycles. The minimum atomic E-state index is -0.510. The van der Waals surface area contributed by atoms with Crippen LogP contribution in [0.1, 0.15) is 25.8 Å². The summed E-state index contributed by atoms with van der Waals surface area (Å²) in [4.78, 5) is 24.8. The van der Waals surface area contributed by atoms with Crippen LogP contribution in [-0.4, -0.2) is 17.9 Å². The largest absolute Gasteiger partial charge is 0.352 e. The smallest absolute Gasteiger partial charge is 0.229 e. The van der Waals surface area contributed by atoms with Gasteiger partial charge in [-0.1, -0.05) is 62.4 Å². The van der Waals surface area contributed by atoms with Crippen LogP contribution >= 0.6 is 0 Å². The summed E-state index contributed by atoms with van der Waals surface area (Å²) < 4.78 is 0. The highest BCUT2D eigenvalue weighted by molar-refractivity contribution is 5.95. The molecule has 25 heavy (non-hydrogen) atoms. The predicted molar refractivity (Wildman–Crippen MR) is 99.0 cm³/mol. The van der Waals surface area contributed by atoms with Gasteiger partial charge in [0.1, 0.15) is 0 Å². The summed E-state index contributed by atoms with van der Waals surface area (Å²) in [7, 11) is 0. The Labute approximate surface area is 148 Å². The lowest BCUT2D eigenvalue weighted by Crippen LogP contribution is -2.40. The van der Waals surface area contributed by atoms with Crippen molar-refractivity contribution in [1.82, 2.24) is 5.32 Å². The van der Waals surface area contributed by atoms with Crippen molar-refractivity contribution in [2.75, 3.05) is 5.32 Å². The van der Waals surface area contributed by atoms with Crippen LogP contribution in [0, 0.1) is 11.3 Å². The third kappa shape index (κ3) is 4.47. The molecule has 3 rings (SSSR count). The second kappa shape index (κ2) is 7.09. The van der Waals surface area contributed by atoms with Gasteiger partial charge in [0.15, 0.2) is 0 Å². The summed E-state index contributed by atoms with van der Waals surface area (Å²) in [6.07, 6.45) is 1.37. The molecule has 0 aliphatic heterocycles. The van der Waals surface area contributed by atoms with Crippen LogP contribution in [0.25, 0.3) is 0 Å². The first-order valence-electron chi connectivity index (χ1n) is 8.66. The van der Waals surface area contributed by atoms with E-state index in [0.717, 1.165) is 11.3 Å². The molecule has 2 amide bonds. The standard InChI is InChI=1S/C21H24N2O2/c1-21(2,14-15-9-5-3-6-10-15)20(25)23-18-13-17(18)19(24)22-16-11-7-4-8-12-16/h3-12,17-18H,13-14H2,1-2H3,(H,22,24)(H,23,25). The second-order valence-corrected chi connectivity index (χ2v) is 7.32. The number of carbonyl (C=O) groups is 2. The van der Waals surface area contributed by atoms with Gasteiger partial charge in [0.2, 0.25) is 11.8 Å². The summed E-state index contributed by atoms with van der Waals surface area (Å²) in [6, 6.07) is 19.3. The van der Waals surface area contributed by atoms with E-state index in [9.17, 15) is 9.59 Å². The molecule has 4 heteroatoms. The molecule has 2 N–H and O–H groups in total. The van der Waals surface area contributed by atoms with Gasteiger partial charge in [-0.15, -0.1) is 0 Å². The lowest BCUT2D eigenvalue weighted by Gasteiger charge is -2.24. The average molecular weight is 336 g/mol. The van der Waals surface area contributed by atoms with Gasteiger partial charge >= 0.3 is 0 Å². The molecule has 4 nitrogen and oxygen atoms in total. The predicted octanol–water partition coefficient (Wildman–Crippen LogP) is 3.40. The first-order chi connectivity index (χ1) is 12.0. The Balaban J connectivity index is 1.51. The van der Waals surface area contributed by atoms with Crippen LogP contribution in [0.2, 0.25) is 0 Å². The van der Waals surface area contributed by atoms with Gasteiger partial charge in [-0.3, -0.25) is 9.59 Å². The SMILES string of the molecule is CC(C)(Cc1ccccc1)C(=O)NC1CC1C(=O)Nc1ccccc1. The van der Waals surface area contributed by atoms with Crippen LogP contribution in [0.4, 0.5) is 5.69 Å². The molecule has 0 spiro atoms.